The summed E-state index contributed by atoms with van der Waals surface area (Å²) >= 11 is -2.00. The first-order chi connectivity index (χ1) is 13.5. The van der Waals surface area contributed by atoms with Crippen LogP contribution in [0.25, 0.3) is 0 Å². The molecule has 30 heavy (non-hydrogen) atoms. The molecular weight excluding hydrogens is 490 g/mol. The first-order valence-electron chi connectivity index (χ1n) is 7.17. The summed E-state index contributed by atoms with van der Waals surface area (Å²) in [5.74, 6) is -1.40. The number of rotatable bonds is 6. The Hall–Kier alpha value is -2.17. The molecule has 0 aliphatic carbocycles. The number of benzene rings is 2. The van der Waals surface area contributed by atoms with Crippen LogP contribution in [0.15, 0.2) is 58.3 Å². The van der Waals surface area contributed by atoms with Crippen LogP contribution in [-0.2, 0) is 31.4 Å². The van der Waals surface area contributed by atoms with Gasteiger partial charge in [0, 0.05) is 11.2 Å². The van der Waals surface area contributed by atoms with Gasteiger partial charge in [0.05, 0.1) is 0 Å². The fourth-order valence-electron chi connectivity index (χ4n) is 1.72. The summed E-state index contributed by atoms with van der Waals surface area (Å²) in [6.45, 7) is 0. The Kier molecular flexibility index (Phi) is 6.56. The first kappa shape index (κ1) is 24.1. The molecule has 2 rings (SSSR count). The van der Waals surface area contributed by atoms with Gasteiger partial charge in [-0.2, -0.15) is 43.2 Å². The van der Waals surface area contributed by atoms with Crippen molar-refractivity contribution in [3.05, 3.63) is 48.5 Å². The number of hydrogen-bond donors (Lipinski definition) is 0. The highest BCUT2D eigenvalue weighted by molar-refractivity contribution is 7.91. The average Bonchev–Trinajstić information content (AvgIpc) is 2.60. The van der Waals surface area contributed by atoms with Gasteiger partial charge in [-0.25, -0.2) is 0 Å². The van der Waals surface area contributed by atoms with E-state index < -0.39 is 53.9 Å². The molecule has 0 heterocycles. The lowest BCUT2D eigenvalue weighted by molar-refractivity contribution is -0.0504. The highest BCUT2D eigenvalue weighted by Crippen LogP contribution is 2.30. The van der Waals surface area contributed by atoms with E-state index in [-0.39, 0.29) is 9.79 Å². The molecule has 0 radical (unpaired) electrons. The van der Waals surface area contributed by atoms with Gasteiger partial charge >= 0.3 is 31.3 Å². The minimum absolute atomic E-state index is 0.0247. The third-order valence-corrected chi connectivity index (χ3v) is 6.41. The maximum Gasteiger partial charge on any atom is 0.534 e. The van der Waals surface area contributed by atoms with Gasteiger partial charge in [-0.05, 0) is 48.5 Å². The van der Waals surface area contributed by atoms with Crippen LogP contribution in [0.3, 0.4) is 0 Å². The Morgan fingerprint density at radius 3 is 1.13 bits per heavy atom. The maximum absolute atomic E-state index is 12.4. The molecule has 0 aliphatic heterocycles. The SMILES string of the molecule is O=S(=O)(Oc1ccc([S+]([O-])c2ccc(OS(=O)(=O)C(F)(F)F)cc2)cc1)C(F)(F)F. The quantitative estimate of drug-likeness (QED) is 0.260. The van der Waals surface area contributed by atoms with Crippen molar-refractivity contribution in [2.24, 2.45) is 0 Å². The van der Waals surface area contributed by atoms with Crippen LogP contribution in [0, 0.1) is 0 Å². The van der Waals surface area contributed by atoms with Crippen molar-refractivity contribution >= 4 is 31.4 Å². The lowest BCUT2D eigenvalue weighted by atomic mass is 10.3. The summed E-state index contributed by atoms with van der Waals surface area (Å²) in [5, 5.41) is 0. The maximum atomic E-state index is 12.4. The largest absolute Gasteiger partial charge is 0.606 e. The number of alkyl halides is 6. The molecule has 0 saturated heterocycles. The monoisotopic (exact) mass is 498 g/mol. The number of hydrogen-bond acceptors (Lipinski definition) is 7. The minimum Gasteiger partial charge on any atom is -0.606 e. The fourth-order valence-corrected chi connectivity index (χ4v) is 3.68. The molecular formula is C14H8F6O7S3. The van der Waals surface area contributed by atoms with E-state index in [1.165, 1.54) is 0 Å². The van der Waals surface area contributed by atoms with Gasteiger partial charge in [0.15, 0.2) is 9.79 Å². The molecule has 0 amide bonds. The standard InChI is InChI=1S/C14H8F6O7S3/c15-13(16,17)29(22,23)26-9-1-5-11(6-2-9)28(21)12-7-3-10(4-8-12)27-30(24,25)14(18,19)20/h1-8H. The topological polar surface area (TPSA) is 110 Å². The molecule has 0 fully saturated rings. The Morgan fingerprint density at radius 2 is 0.900 bits per heavy atom. The third-order valence-electron chi connectivity index (χ3n) is 3.05. The third kappa shape index (κ3) is 5.50. The Bertz CT molecular complexity index is 1000. The summed E-state index contributed by atoms with van der Waals surface area (Å²) in [6.07, 6.45) is 0. The molecule has 0 aliphatic rings. The second-order valence-electron chi connectivity index (χ2n) is 5.18. The second kappa shape index (κ2) is 8.16. The zero-order chi connectivity index (χ0) is 23.0. The van der Waals surface area contributed by atoms with Gasteiger partial charge in [-0.15, -0.1) is 0 Å². The van der Waals surface area contributed by atoms with E-state index in [1.54, 1.807) is 0 Å². The molecule has 0 bridgehead atoms. The zero-order valence-corrected chi connectivity index (χ0v) is 16.4. The fraction of sp³-hybridized carbons (Fsp3) is 0.143. The van der Waals surface area contributed by atoms with E-state index in [2.05, 4.69) is 8.37 Å². The van der Waals surface area contributed by atoms with Crippen LogP contribution in [0.1, 0.15) is 0 Å². The van der Waals surface area contributed by atoms with Crippen LogP contribution in [-0.4, -0.2) is 32.4 Å². The van der Waals surface area contributed by atoms with E-state index in [0.717, 1.165) is 48.5 Å². The van der Waals surface area contributed by atoms with Crippen LogP contribution in [0.2, 0.25) is 0 Å². The van der Waals surface area contributed by atoms with E-state index >= 15 is 0 Å². The highest BCUT2D eigenvalue weighted by Gasteiger charge is 2.49. The molecule has 0 spiro atoms. The molecule has 7 nitrogen and oxygen atoms in total. The van der Waals surface area contributed by atoms with Crippen LogP contribution < -0.4 is 8.37 Å². The van der Waals surface area contributed by atoms with E-state index in [0.29, 0.717) is 0 Å². The van der Waals surface area contributed by atoms with Gasteiger partial charge < -0.3 is 12.9 Å². The van der Waals surface area contributed by atoms with Gasteiger partial charge in [0.1, 0.15) is 11.5 Å². The van der Waals surface area contributed by atoms with Crippen molar-refractivity contribution in [1.29, 1.82) is 0 Å². The van der Waals surface area contributed by atoms with Gasteiger partial charge in [0.25, 0.3) is 0 Å². The smallest absolute Gasteiger partial charge is 0.534 e. The lowest BCUT2D eigenvalue weighted by Crippen LogP contribution is -2.28. The molecule has 0 unspecified atom stereocenters. The van der Waals surface area contributed by atoms with Crippen molar-refractivity contribution in [1.82, 2.24) is 0 Å². The normalized spacial score (nSPS) is 13.3. The summed E-state index contributed by atoms with van der Waals surface area (Å²) in [6, 6.07) is 7.22. The van der Waals surface area contributed by atoms with Crippen molar-refractivity contribution < 1.29 is 56.1 Å². The van der Waals surface area contributed by atoms with E-state index in [9.17, 15) is 47.7 Å². The molecule has 2 aromatic carbocycles. The van der Waals surface area contributed by atoms with Crippen molar-refractivity contribution in [2.75, 3.05) is 0 Å². The Balaban J connectivity index is 2.15. The van der Waals surface area contributed by atoms with Gasteiger partial charge in [0.2, 0.25) is 0 Å². The van der Waals surface area contributed by atoms with Gasteiger partial charge in [-0.3, -0.25) is 0 Å². The molecule has 2 aromatic rings. The zero-order valence-electron chi connectivity index (χ0n) is 14.0. The number of halogens is 6. The van der Waals surface area contributed by atoms with Crippen molar-refractivity contribution in [2.45, 2.75) is 20.8 Å². The lowest BCUT2D eigenvalue weighted by Gasteiger charge is -2.13. The summed E-state index contributed by atoms with van der Waals surface area (Å²) in [7, 11) is -11.8. The van der Waals surface area contributed by atoms with E-state index in [4.69, 9.17) is 0 Å². The molecule has 16 heteroatoms. The van der Waals surface area contributed by atoms with E-state index in [1.807, 2.05) is 0 Å². The van der Waals surface area contributed by atoms with Crippen molar-refractivity contribution in [3.8, 4) is 11.5 Å². The molecule has 166 valence electrons. The molecule has 0 N–H and O–H groups in total. The van der Waals surface area contributed by atoms with Crippen molar-refractivity contribution in [3.63, 3.8) is 0 Å². The Morgan fingerprint density at radius 1 is 0.633 bits per heavy atom. The summed E-state index contributed by atoms with van der Waals surface area (Å²) in [4.78, 5) is -0.0494. The molecule has 0 atom stereocenters. The highest BCUT2D eigenvalue weighted by atomic mass is 32.2. The van der Waals surface area contributed by atoms with Crippen LogP contribution in [0.5, 0.6) is 11.5 Å². The van der Waals surface area contributed by atoms with Crippen LogP contribution >= 0.6 is 0 Å². The predicted octanol–water partition coefficient (Wildman–Crippen LogP) is 3.31. The Labute approximate surface area is 168 Å². The molecule has 0 aromatic heterocycles. The predicted molar refractivity (Wildman–Crippen MR) is 88.8 cm³/mol. The summed E-state index contributed by atoms with van der Waals surface area (Å²) < 4.78 is 138. The van der Waals surface area contributed by atoms with Crippen LogP contribution in [0.4, 0.5) is 26.3 Å². The average molecular weight is 498 g/mol. The van der Waals surface area contributed by atoms with Gasteiger partial charge in [-0.1, -0.05) is 0 Å². The minimum atomic E-state index is -5.89. The summed E-state index contributed by atoms with van der Waals surface area (Å²) in [5.41, 5.74) is -11.3. The first-order valence-corrected chi connectivity index (χ1v) is 11.1. The molecule has 0 saturated carbocycles. The second-order valence-corrected chi connectivity index (χ2v) is 9.73.